The standard InChI is InChI=1S/C18H23N3O3S/c1-4-21(5-2)25(23,24)17-13-15(12-11-14(17)3)18(22)20-19-16-9-7-6-8-10-16/h6-13,19H,4-5H2,1-3H3,(H,20,22). The number of hydrogen-bond donors (Lipinski definition) is 2. The number of nitrogens with one attached hydrogen (secondary N) is 2. The largest absolute Gasteiger partial charge is 0.298 e. The maximum absolute atomic E-state index is 12.7. The molecule has 0 fully saturated rings. The van der Waals surface area contributed by atoms with Gasteiger partial charge in [0, 0.05) is 18.7 Å². The summed E-state index contributed by atoms with van der Waals surface area (Å²) in [6.45, 7) is 6.06. The molecule has 2 aromatic carbocycles. The Bertz CT molecular complexity index is 832. The molecule has 0 aromatic heterocycles. The Labute approximate surface area is 148 Å². The molecule has 0 atom stereocenters. The van der Waals surface area contributed by atoms with Crippen LogP contribution in [0.25, 0.3) is 0 Å². The number of carbonyl (C=O) groups excluding carboxylic acids is 1. The first kappa shape index (κ1) is 19.0. The molecule has 0 saturated carbocycles. The summed E-state index contributed by atoms with van der Waals surface area (Å²) < 4.78 is 26.9. The van der Waals surface area contributed by atoms with Crippen LogP contribution in [0.3, 0.4) is 0 Å². The van der Waals surface area contributed by atoms with Crippen molar-refractivity contribution in [3.05, 3.63) is 59.7 Å². The van der Waals surface area contributed by atoms with Crippen molar-refractivity contribution in [1.29, 1.82) is 0 Å². The summed E-state index contributed by atoms with van der Waals surface area (Å²) in [5, 5.41) is 0. The van der Waals surface area contributed by atoms with Gasteiger partial charge in [-0.05, 0) is 36.8 Å². The number of sulfonamides is 1. The topological polar surface area (TPSA) is 78.5 Å². The van der Waals surface area contributed by atoms with Gasteiger partial charge in [0.15, 0.2) is 0 Å². The molecular formula is C18H23N3O3S. The molecule has 0 aliphatic rings. The van der Waals surface area contributed by atoms with Crippen LogP contribution in [0.15, 0.2) is 53.4 Å². The molecule has 0 bridgehead atoms. The summed E-state index contributed by atoms with van der Waals surface area (Å²) in [7, 11) is -3.62. The van der Waals surface area contributed by atoms with Gasteiger partial charge in [-0.1, -0.05) is 38.1 Å². The smallest absolute Gasteiger partial charge is 0.269 e. The maximum Gasteiger partial charge on any atom is 0.269 e. The number of para-hydroxylation sites is 1. The van der Waals surface area contributed by atoms with E-state index in [0.717, 1.165) is 5.69 Å². The Kier molecular flexibility index (Phi) is 6.17. The number of carbonyl (C=O) groups is 1. The Balaban J connectivity index is 2.24. The molecule has 134 valence electrons. The van der Waals surface area contributed by atoms with Crippen molar-refractivity contribution in [3.8, 4) is 0 Å². The highest BCUT2D eigenvalue weighted by atomic mass is 32.2. The molecule has 0 aliphatic heterocycles. The summed E-state index contributed by atoms with van der Waals surface area (Å²) in [5.41, 5.74) is 7.00. The monoisotopic (exact) mass is 361 g/mol. The zero-order valence-corrected chi connectivity index (χ0v) is 15.4. The number of benzene rings is 2. The molecular weight excluding hydrogens is 338 g/mol. The molecule has 0 unspecified atom stereocenters. The lowest BCUT2D eigenvalue weighted by Gasteiger charge is -2.20. The van der Waals surface area contributed by atoms with Gasteiger partial charge < -0.3 is 0 Å². The summed E-state index contributed by atoms with van der Waals surface area (Å²) in [6.07, 6.45) is 0. The van der Waals surface area contributed by atoms with Gasteiger partial charge >= 0.3 is 0 Å². The van der Waals surface area contributed by atoms with E-state index in [2.05, 4.69) is 10.9 Å². The van der Waals surface area contributed by atoms with Gasteiger partial charge in [0.05, 0.1) is 10.6 Å². The van der Waals surface area contributed by atoms with Crippen molar-refractivity contribution in [2.45, 2.75) is 25.7 Å². The minimum atomic E-state index is -3.62. The molecule has 6 nitrogen and oxygen atoms in total. The molecule has 7 heteroatoms. The van der Waals surface area contributed by atoms with Crippen molar-refractivity contribution in [2.24, 2.45) is 0 Å². The maximum atomic E-state index is 12.7. The Morgan fingerprint density at radius 2 is 1.68 bits per heavy atom. The molecule has 2 N–H and O–H groups in total. The van der Waals surface area contributed by atoms with Crippen molar-refractivity contribution in [3.63, 3.8) is 0 Å². The number of nitrogens with zero attached hydrogens (tertiary/aromatic N) is 1. The van der Waals surface area contributed by atoms with Gasteiger partial charge in [-0.2, -0.15) is 4.31 Å². The third-order valence-corrected chi connectivity index (χ3v) is 6.06. The molecule has 0 aliphatic carbocycles. The normalized spacial score (nSPS) is 11.4. The summed E-state index contributed by atoms with van der Waals surface area (Å²) in [6, 6.07) is 13.9. The average molecular weight is 361 g/mol. The van der Waals surface area contributed by atoms with E-state index in [1.54, 1.807) is 32.9 Å². The highest BCUT2D eigenvalue weighted by Crippen LogP contribution is 2.21. The molecule has 0 radical (unpaired) electrons. The van der Waals surface area contributed by atoms with Crippen LogP contribution >= 0.6 is 0 Å². The molecule has 1 amide bonds. The molecule has 2 aromatic rings. The molecule has 0 spiro atoms. The fraction of sp³-hybridized carbons (Fsp3) is 0.278. The van der Waals surface area contributed by atoms with Crippen LogP contribution in [0.2, 0.25) is 0 Å². The number of hydrazine groups is 1. The van der Waals surface area contributed by atoms with Crippen LogP contribution in [-0.2, 0) is 10.0 Å². The van der Waals surface area contributed by atoms with Gasteiger partial charge in [-0.25, -0.2) is 8.42 Å². The summed E-state index contributed by atoms with van der Waals surface area (Å²) >= 11 is 0. The first-order valence-corrected chi connectivity index (χ1v) is 9.56. The van der Waals surface area contributed by atoms with E-state index in [1.807, 2.05) is 30.3 Å². The molecule has 25 heavy (non-hydrogen) atoms. The summed E-state index contributed by atoms with van der Waals surface area (Å²) in [4.78, 5) is 12.5. The number of rotatable bonds is 7. The first-order valence-electron chi connectivity index (χ1n) is 8.12. The van der Waals surface area contributed by atoms with Crippen LogP contribution < -0.4 is 10.9 Å². The zero-order valence-electron chi connectivity index (χ0n) is 14.6. The molecule has 2 rings (SSSR count). The first-order chi connectivity index (χ1) is 11.9. The second-order valence-electron chi connectivity index (χ2n) is 5.51. The Morgan fingerprint density at radius 3 is 2.28 bits per heavy atom. The van der Waals surface area contributed by atoms with E-state index < -0.39 is 15.9 Å². The van der Waals surface area contributed by atoms with E-state index in [4.69, 9.17) is 0 Å². The second-order valence-corrected chi connectivity index (χ2v) is 7.42. The third kappa shape index (κ3) is 4.37. The van der Waals surface area contributed by atoms with Crippen LogP contribution in [0.4, 0.5) is 5.69 Å². The molecule has 0 saturated heterocycles. The highest BCUT2D eigenvalue weighted by Gasteiger charge is 2.24. The summed E-state index contributed by atoms with van der Waals surface area (Å²) in [5.74, 6) is -0.403. The van der Waals surface area contributed by atoms with E-state index in [0.29, 0.717) is 18.7 Å². The van der Waals surface area contributed by atoms with E-state index in [1.165, 1.54) is 10.4 Å². The van der Waals surface area contributed by atoms with E-state index in [9.17, 15) is 13.2 Å². The van der Waals surface area contributed by atoms with Crippen molar-refractivity contribution in [1.82, 2.24) is 9.73 Å². The number of aryl methyl sites for hydroxylation is 1. The SMILES string of the molecule is CCN(CC)S(=O)(=O)c1cc(C(=O)NNc2ccccc2)ccc1C. The quantitative estimate of drug-likeness (QED) is 0.744. The van der Waals surface area contributed by atoms with Crippen LogP contribution in [0.5, 0.6) is 0 Å². The third-order valence-electron chi connectivity index (χ3n) is 3.87. The van der Waals surface area contributed by atoms with Crippen LogP contribution in [0.1, 0.15) is 29.8 Å². The van der Waals surface area contributed by atoms with Crippen LogP contribution in [-0.4, -0.2) is 31.7 Å². The van der Waals surface area contributed by atoms with Crippen molar-refractivity contribution < 1.29 is 13.2 Å². The van der Waals surface area contributed by atoms with Gasteiger partial charge in [0.1, 0.15) is 0 Å². The fourth-order valence-corrected chi connectivity index (χ4v) is 4.15. The van der Waals surface area contributed by atoms with Crippen molar-refractivity contribution >= 4 is 21.6 Å². The van der Waals surface area contributed by atoms with Gasteiger partial charge in [0.25, 0.3) is 5.91 Å². The van der Waals surface area contributed by atoms with Gasteiger partial charge in [0.2, 0.25) is 10.0 Å². The minimum absolute atomic E-state index is 0.156. The zero-order chi connectivity index (χ0) is 18.4. The fourth-order valence-electron chi connectivity index (χ4n) is 2.44. The number of hydrogen-bond acceptors (Lipinski definition) is 4. The Hall–Kier alpha value is -2.38. The number of amides is 1. The minimum Gasteiger partial charge on any atom is -0.298 e. The Morgan fingerprint density at radius 1 is 1.04 bits per heavy atom. The highest BCUT2D eigenvalue weighted by molar-refractivity contribution is 7.89. The number of anilines is 1. The second kappa shape index (κ2) is 8.13. The van der Waals surface area contributed by atoms with E-state index >= 15 is 0 Å². The van der Waals surface area contributed by atoms with Gasteiger partial charge in [-0.15, -0.1) is 0 Å². The predicted molar refractivity (Wildman–Crippen MR) is 98.8 cm³/mol. The van der Waals surface area contributed by atoms with Crippen molar-refractivity contribution in [2.75, 3.05) is 18.5 Å². The lowest BCUT2D eigenvalue weighted by molar-refractivity contribution is 0.0962. The van der Waals surface area contributed by atoms with Gasteiger partial charge in [-0.3, -0.25) is 15.6 Å². The lowest BCUT2D eigenvalue weighted by Crippen LogP contribution is -2.32. The lowest BCUT2D eigenvalue weighted by atomic mass is 10.1. The molecule has 0 heterocycles. The van der Waals surface area contributed by atoms with E-state index in [-0.39, 0.29) is 10.5 Å². The average Bonchev–Trinajstić information content (AvgIpc) is 2.61. The predicted octanol–water partition coefficient (Wildman–Crippen LogP) is 2.78. The van der Waals surface area contributed by atoms with Crippen LogP contribution in [0, 0.1) is 6.92 Å².